The summed E-state index contributed by atoms with van der Waals surface area (Å²) in [7, 11) is 3.38. The minimum Gasteiger partial charge on any atom is -0.484 e. The molecule has 0 saturated carbocycles. The summed E-state index contributed by atoms with van der Waals surface area (Å²) in [5, 5.41) is 0.858. The average Bonchev–Trinajstić information content (AvgIpc) is 3.46. The third kappa shape index (κ3) is 9.81. The van der Waals surface area contributed by atoms with Gasteiger partial charge in [-0.25, -0.2) is 4.98 Å². The Morgan fingerprint density at radius 1 is 0.868 bits per heavy atom. The second-order valence-corrected chi connectivity index (χ2v) is 12.1. The van der Waals surface area contributed by atoms with Crippen LogP contribution in [0.1, 0.15) is 26.4 Å². The summed E-state index contributed by atoms with van der Waals surface area (Å²) in [6, 6.07) is 22.5. The van der Waals surface area contributed by atoms with E-state index in [9.17, 15) is 31.5 Å². The van der Waals surface area contributed by atoms with Crippen molar-refractivity contribution < 1.29 is 45.8 Å². The summed E-state index contributed by atoms with van der Waals surface area (Å²) < 4.78 is 79.0. The normalized spacial score (nSPS) is 13.5. The number of ether oxygens (including phenoxy) is 3. The second-order valence-electron chi connectivity index (χ2n) is 12.1. The molecule has 5 aromatic rings. The topological polar surface area (TPSA) is 89.4 Å². The molecule has 2 amide bonds. The molecule has 3 aromatic carbocycles. The van der Waals surface area contributed by atoms with Crippen LogP contribution in [0, 0.1) is 0 Å². The van der Waals surface area contributed by atoms with Crippen molar-refractivity contribution in [3.8, 4) is 23.1 Å². The SMILES string of the molecule is Br.CN(C(=O)c1ccc(OC(F)F)cc1)c1ccc(Oc2ccc3cc(C(=O)N4CCN(Cc5ccc(OCC(F)(F)F)cc5)CC4)n(C)c3c2)nc1. The maximum Gasteiger partial charge on any atom is 0.422 e. The number of piperazine rings is 1. The maximum absolute atomic E-state index is 13.6. The molecule has 0 bridgehead atoms. The summed E-state index contributed by atoms with van der Waals surface area (Å²) in [4.78, 5) is 36.2. The lowest BCUT2D eigenvalue weighted by Crippen LogP contribution is -2.48. The molecule has 1 saturated heterocycles. The lowest BCUT2D eigenvalue weighted by molar-refractivity contribution is -0.153. The fraction of sp³-hybridized carbons (Fsp3) is 0.270. The number of carbonyl (C=O) groups excluding carboxylic acids is 2. The van der Waals surface area contributed by atoms with Gasteiger partial charge in [-0.1, -0.05) is 12.1 Å². The number of benzene rings is 3. The quantitative estimate of drug-likeness (QED) is 0.126. The van der Waals surface area contributed by atoms with Crippen molar-refractivity contribution in [2.24, 2.45) is 7.05 Å². The summed E-state index contributed by atoms with van der Waals surface area (Å²) >= 11 is 0. The molecule has 16 heteroatoms. The van der Waals surface area contributed by atoms with Crippen molar-refractivity contribution in [3.05, 3.63) is 108 Å². The maximum atomic E-state index is 13.6. The summed E-state index contributed by atoms with van der Waals surface area (Å²) in [6.45, 7) is -1.37. The number of hydrogen-bond acceptors (Lipinski definition) is 7. The zero-order valence-corrected chi connectivity index (χ0v) is 30.3. The van der Waals surface area contributed by atoms with E-state index in [1.165, 1.54) is 47.5 Å². The van der Waals surface area contributed by atoms with Crippen LogP contribution in [0.15, 0.2) is 91.1 Å². The molecule has 0 aliphatic carbocycles. The van der Waals surface area contributed by atoms with Crippen LogP contribution >= 0.6 is 17.0 Å². The number of fused-ring (bicyclic) bond motifs is 1. The van der Waals surface area contributed by atoms with Crippen molar-refractivity contribution in [2.75, 3.05) is 44.7 Å². The van der Waals surface area contributed by atoms with Crippen LogP contribution in [-0.4, -0.2) is 83.8 Å². The number of rotatable bonds is 11. The van der Waals surface area contributed by atoms with Crippen molar-refractivity contribution >= 4 is 45.4 Å². The van der Waals surface area contributed by atoms with Crippen LogP contribution < -0.4 is 19.1 Å². The van der Waals surface area contributed by atoms with Gasteiger partial charge in [0.25, 0.3) is 11.8 Å². The number of anilines is 1. The zero-order valence-electron chi connectivity index (χ0n) is 28.6. The molecule has 2 aromatic heterocycles. The van der Waals surface area contributed by atoms with Gasteiger partial charge in [0.1, 0.15) is 22.9 Å². The third-order valence-corrected chi connectivity index (χ3v) is 8.59. The Labute approximate surface area is 312 Å². The Bertz CT molecular complexity index is 2020. The predicted molar refractivity (Wildman–Crippen MR) is 193 cm³/mol. The number of carbonyl (C=O) groups is 2. The lowest BCUT2D eigenvalue weighted by atomic mass is 10.2. The summed E-state index contributed by atoms with van der Waals surface area (Å²) in [5.74, 6) is 0.423. The second kappa shape index (κ2) is 16.6. The molecule has 0 unspecified atom stereocenters. The van der Waals surface area contributed by atoms with Crippen LogP contribution in [0.2, 0.25) is 0 Å². The number of hydrogen-bond donors (Lipinski definition) is 0. The van der Waals surface area contributed by atoms with E-state index in [2.05, 4.69) is 14.6 Å². The Kier molecular flexibility index (Phi) is 12.2. The lowest BCUT2D eigenvalue weighted by Gasteiger charge is -2.34. The van der Waals surface area contributed by atoms with Crippen molar-refractivity contribution in [1.82, 2.24) is 19.4 Å². The number of aromatic nitrogens is 2. The van der Waals surface area contributed by atoms with Gasteiger partial charge >= 0.3 is 12.8 Å². The van der Waals surface area contributed by atoms with Crippen LogP contribution in [-0.2, 0) is 13.6 Å². The highest BCUT2D eigenvalue weighted by atomic mass is 79.9. The first-order chi connectivity index (χ1) is 24.8. The van der Waals surface area contributed by atoms with E-state index in [0.29, 0.717) is 49.9 Å². The van der Waals surface area contributed by atoms with Crippen molar-refractivity contribution in [2.45, 2.75) is 19.3 Å². The highest BCUT2D eigenvalue weighted by Crippen LogP contribution is 2.29. The highest BCUT2D eigenvalue weighted by molar-refractivity contribution is 8.93. The van der Waals surface area contributed by atoms with E-state index in [1.54, 1.807) is 42.3 Å². The third-order valence-electron chi connectivity index (χ3n) is 8.59. The van der Waals surface area contributed by atoms with Crippen LogP contribution in [0.25, 0.3) is 10.9 Å². The van der Waals surface area contributed by atoms with E-state index >= 15 is 0 Å². The molecule has 1 aliphatic heterocycles. The number of alkyl halides is 5. The van der Waals surface area contributed by atoms with E-state index in [-0.39, 0.29) is 51.7 Å². The largest absolute Gasteiger partial charge is 0.484 e. The number of nitrogens with zero attached hydrogens (tertiary/aromatic N) is 5. The highest BCUT2D eigenvalue weighted by Gasteiger charge is 2.28. The van der Waals surface area contributed by atoms with Gasteiger partial charge in [0.05, 0.1) is 17.4 Å². The molecule has 10 nitrogen and oxygen atoms in total. The molecule has 1 aliphatic rings. The standard InChI is InChI=1S/C37H34F5N5O5.BrH/c1-44(34(48)25-5-11-29(12-6-25)52-36(38)39)27-8-14-33(43-21-27)51-30-13-7-26-19-32(45(2)31(26)20-30)35(49)47-17-15-46(16-18-47)22-24-3-9-28(10-4-24)50-23-37(40,41)42;/h3-14,19-21,36H,15-18,22-23H2,1-2H3;1H. The van der Waals surface area contributed by atoms with E-state index in [4.69, 9.17) is 9.47 Å². The fourth-order valence-electron chi connectivity index (χ4n) is 5.81. The van der Waals surface area contributed by atoms with E-state index < -0.39 is 19.4 Å². The van der Waals surface area contributed by atoms with Crippen LogP contribution in [0.5, 0.6) is 23.1 Å². The predicted octanol–water partition coefficient (Wildman–Crippen LogP) is 7.72. The van der Waals surface area contributed by atoms with Crippen molar-refractivity contribution in [3.63, 3.8) is 0 Å². The molecule has 0 atom stereocenters. The van der Waals surface area contributed by atoms with E-state index in [1.807, 2.05) is 29.8 Å². The average molecular weight is 805 g/mol. The molecule has 280 valence electrons. The number of halogens is 6. The molecule has 3 heterocycles. The first-order valence-corrected chi connectivity index (χ1v) is 16.2. The minimum atomic E-state index is -4.39. The number of aryl methyl sites for hydroxylation is 1. The molecule has 0 radical (unpaired) electrons. The Morgan fingerprint density at radius 3 is 2.15 bits per heavy atom. The van der Waals surface area contributed by atoms with Crippen LogP contribution in [0.3, 0.4) is 0 Å². The van der Waals surface area contributed by atoms with Gasteiger partial charge in [0, 0.05) is 69.9 Å². The molecule has 0 N–H and O–H groups in total. The monoisotopic (exact) mass is 803 g/mol. The number of pyridine rings is 1. The van der Waals surface area contributed by atoms with Gasteiger partial charge in [0.15, 0.2) is 6.61 Å². The van der Waals surface area contributed by atoms with Gasteiger partial charge in [-0.2, -0.15) is 22.0 Å². The van der Waals surface area contributed by atoms with Crippen molar-refractivity contribution in [1.29, 1.82) is 0 Å². The van der Waals surface area contributed by atoms with Gasteiger partial charge in [0.2, 0.25) is 5.88 Å². The molecule has 0 spiro atoms. The first kappa shape index (κ1) is 39.0. The zero-order chi connectivity index (χ0) is 37.0. The summed E-state index contributed by atoms with van der Waals surface area (Å²) in [6.07, 6.45) is -2.91. The molecule has 53 heavy (non-hydrogen) atoms. The smallest absolute Gasteiger partial charge is 0.422 e. The van der Waals surface area contributed by atoms with Gasteiger partial charge in [-0.15, -0.1) is 17.0 Å². The molecule has 1 fully saturated rings. The summed E-state index contributed by atoms with van der Waals surface area (Å²) in [5.41, 5.74) is 3.02. The first-order valence-electron chi connectivity index (χ1n) is 16.2. The molecular formula is C37H35BrF5N5O5. The Balaban J connectivity index is 0.00000541. The van der Waals surface area contributed by atoms with Gasteiger partial charge < -0.3 is 28.6 Å². The van der Waals surface area contributed by atoms with Gasteiger partial charge in [-0.05, 0) is 66.2 Å². The van der Waals surface area contributed by atoms with Gasteiger partial charge in [-0.3, -0.25) is 14.5 Å². The Hall–Kier alpha value is -5.22. The number of amides is 2. The minimum absolute atomic E-state index is 0. The molecular weight excluding hydrogens is 769 g/mol. The fourth-order valence-corrected chi connectivity index (χ4v) is 5.81. The Morgan fingerprint density at radius 2 is 1.53 bits per heavy atom. The molecule has 6 rings (SSSR count). The van der Waals surface area contributed by atoms with E-state index in [0.717, 1.165) is 16.5 Å². The van der Waals surface area contributed by atoms with Crippen LogP contribution in [0.4, 0.5) is 27.6 Å².